The molecule has 7 heteroatoms. The Morgan fingerprint density at radius 1 is 1.19 bits per heavy atom. The van der Waals surface area contributed by atoms with E-state index in [9.17, 15) is 15.0 Å². The summed E-state index contributed by atoms with van der Waals surface area (Å²) in [6, 6.07) is 9.78. The van der Waals surface area contributed by atoms with Crippen molar-refractivity contribution in [1.82, 2.24) is 0 Å². The van der Waals surface area contributed by atoms with E-state index in [0.29, 0.717) is 18.7 Å². The van der Waals surface area contributed by atoms with Gasteiger partial charge >= 0.3 is 0 Å². The molecule has 0 radical (unpaired) electrons. The topological polar surface area (TPSA) is 75.7 Å². The number of hydrogen-bond acceptors (Lipinski definition) is 5. The number of Topliss-reactive ketones (excluding diaryl/α,β-unsaturated/α-hetero) is 1. The Morgan fingerprint density at radius 2 is 1.77 bits per heavy atom. The average Bonchev–Trinajstić information content (AvgIpc) is 2.58. The zero-order valence-electron chi connectivity index (χ0n) is 15.4. The zero-order chi connectivity index (χ0) is 17.7. The molecule has 1 aliphatic rings. The van der Waals surface area contributed by atoms with Crippen LogP contribution in [-0.2, 0) is 51.7 Å². The number of rotatable bonds is 9. The second kappa shape index (κ2) is 12.4. The summed E-state index contributed by atoms with van der Waals surface area (Å²) in [6.07, 6.45) is -0.727. The zero-order valence-corrected chi connectivity index (χ0v) is 21.3. The van der Waals surface area contributed by atoms with Crippen molar-refractivity contribution >= 4 is 11.5 Å². The van der Waals surface area contributed by atoms with Gasteiger partial charge in [0.1, 0.15) is 6.61 Å². The average molecular weight is 699 g/mol. The van der Waals surface area contributed by atoms with E-state index in [-0.39, 0.29) is 60.4 Å². The molecule has 0 bridgehead atoms. The summed E-state index contributed by atoms with van der Waals surface area (Å²) in [7, 11) is 0. The molecule has 0 heterocycles. The number of ketones is 1. The molecule has 0 N–H and O–H groups in total. The molecular weight excluding hydrogens is 674 g/mol. The monoisotopic (exact) mass is 699 g/mol. The van der Waals surface area contributed by atoms with E-state index < -0.39 is 18.1 Å². The first-order chi connectivity index (χ1) is 11.5. The molecule has 2 unspecified atom stereocenters. The third-order valence-electron chi connectivity index (χ3n) is 4.50. The minimum Gasteiger partial charge on any atom is -0.851 e. The summed E-state index contributed by atoms with van der Waals surface area (Å²) >= 11 is 0. The maximum atomic E-state index is 11.9. The van der Waals surface area contributed by atoms with Gasteiger partial charge in [-0.25, -0.2) is 0 Å². The van der Waals surface area contributed by atoms with Gasteiger partial charge in [0, 0.05) is 48.7 Å². The maximum Gasteiger partial charge on any atom is 0.155 e. The van der Waals surface area contributed by atoms with E-state index in [1.54, 1.807) is 6.92 Å². The Balaban J connectivity index is 0.00000312. The van der Waals surface area contributed by atoms with Crippen LogP contribution in [0.1, 0.15) is 38.7 Å². The molecule has 0 spiro atoms. The summed E-state index contributed by atoms with van der Waals surface area (Å²) < 4.78 is 5.33. The molecule has 0 saturated heterocycles. The number of benzene rings is 1. The van der Waals surface area contributed by atoms with E-state index in [2.05, 4.69) is 24.0 Å². The summed E-state index contributed by atoms with van der Waals surface area (Å²) in [6.45, 7) is 7.41. The van der Waals surface area contributed by atoms with Gasteiger partial charge in [-0.3, -0.25) is 22.5 Å². The summed E-state index contributed by atoms with van der Waals surface area (Å²) in [5, 5.41) is 23.8. The summed E-state index contributed by atoms with van der Waals surface area (Å²) in [4.78, 5) is 13.0. The van der Waals surface area contributed by atoms with Gasteiger partial charge in [-0.15, -0.1) is 12.2 Å². The van der Waals surface area contributed by atoms with Crippen molar-refractivity contribution in [3.8, 4) is 0 Å². The molecule has 1 aliphatic carbocycles. The van der Waals surface area contributed by atoms with Crippen LogP contribution in [0, 0.1) is 18.1 Å². The summed E-state index contributed by atoms with van der Waals surface area (Å²) in [5.74, 6) is -0.837. The minimum atomic E-state index is -0.849. The quantitative estimate of drug-likeness (QED) is 0.274. The van der Waals surface area contributed by atoms with Gasteiger partial charge in [0.15, 0.2) is 5.78 Å². The van der Waals surface area contributed by atoms with E-state index >= 15 is 0 Å². The van der Waals surface area contributed by atoms with Gasteiger partial charge in [0.05, 0.1) is 6.61 Å². The van der Waals surface area contributed by atoms with Gasteiger partial charge in [-0.2, -0.15) is 5.69 Å². The second-order valence-electron chi connectivity index (χ2n) is 6.47. The molecule has 2 atom stereocenters. The molecule has 5 nitrogen and oxygen atoms in total. The standard InChI is InChI=1S/C19H25NO4.2W/c1-4-9-20(10-11-24-12-13(2)21)16-7-5-15(6-8-16)17-18(22)14(3)19(17)23;;/h7-8,14,17-19H,4,9-12H2,1-3H3;;/q-4;;. The minimum absolute atomic E-state index is 0. The third kappa shape index (κ3) is 6.53. The summed E-state index contributed by atoms with van der Waals surface area (Å²) in [5.41, 5.74) is 1.53. The SMILES string of the molecule is CCCN(CCOCC(C)=O)c1c[c-]c(C2C([O-])C(C)C2[O-])[c-]c1.[W].[W]. The fourth-order valence-electron chi connectivity index (χ4n) is 3.00. The van der Waals surface area contributed by atoms with E-state index in [0.717, 1.165) is 18.7 Å². The molecule has 2 rings (SSSR count). The van der Waals surface area contributed by atoms with E-state index in [1.165, 1.54) is 6.92 Å². The van der Waals surface area contributed by atoms with E-state index in [1.807, 2.05) is 12.1 Å². The van der Waals surface area contributed by atoms with Crippen LogP contribution in [0.4, 0.5) is 5.69 Å². The third-order valence-corrected chi connectivity index (χ3v) is 4.50. The van der Waals surface area contributed by atoms with Crippen LogP contribution in [0.2, 0.25) is 0 Å². The molecule has 1 saturated carbocycles. The molecule has 1 aromatic carbocycles. The van der Waals surface area contributed by atoms with Crippen LogP contribution < -0.4 is 15.1 Å². The van der Waals surface area contributed by atoms with Crippen molar-refractivity contribution in [3.63, 3.8) is 0 Å². The van der Waals surface area contributed by atoms with Gasteiger partial charge in [0.2, 0.25) is 0 Å². The number of carbonyl (C=O) groups is 1. The molecule has 1 fully saturated rings. The first kappa shape index (κ1) is 25.9. The van der Waals surface area contributed by atoms with Crippen LogP contribution in [0.3, 0.4) is 0 Å². The molecule has 26 heavy (non-hydrogen) atoms. The van der Waals surface area contributed by atoms with Gasteiger partial charge in [0.25, 0.3) is 0 Å². The maximum absolute atomic E-state index is 11.9. The van der Waals surface area contributed by atoms with Gasteiger partial charge < -0.3 is 32.0 Å². The predicted octanol–water partition coefficient (Wildman–Crippen LogP) is 0.295. The fraction of sp³-hybridized carbons (Fsp3) is 0.632. The molecular formula is C19H25NO4W2-4. The normalized spacial score (nSPS) is 24.0. The Bertz CT molecular complexity index is 531. The Labute approximate surface area is 185 Å². The van der Waals surface area contributed by atoms with Crippen LogP contribution in [0.25, 0.3) is 0 Å². The van der Waals surface area contributed by atoms with Crippen molar-refractivity contribution < 1.29 is 61.9 Å². The number of carbonyl (C=O) groups excluding carboxylic acids is 1. The Hall–Kier alpha value is -0.0534. The second-order valence-corrected chi connectivity index (χ2v) is 6.47. The smallest absolute Gasteiger partial charge is 0.155 e. The number of ether oxygens (including phenoxy) is 1. The molecule has 0 aliphatic heterocycles. The van der Waals surface area contributed by atoms with Gasteiger partial charge in [-0.1, -0.05) is 25.7 Å². The van der Waals surface area contributed by atoms with Crippen molar-refractivity contribution in [2.75, 3.05) is 31.2 Å². The Kier molecular flexibility index (Phi) is 12.4. The van der Waals surface area contributed by atoms with Crippen molar-refractivity contribution in [3.05, 3.63) is 29.8 Å². The fourth-order valence-corrected chi connectivity index (χ4v) is 3.00. The number of hydrogen-bond donors (Lipinski definition) is 0. The van der Waals surface area contributed by atoms with E-state index in [4.69, 9.17) is 4.74 Å². The van der Waals surface area contributed by atoms with Crippen LogP contribution in [0.5, 0.6) is 0 Å². The predicted molar refractivity (Wildman–Crippen MR) is 87.6 cm³/mol. The van der Waals surface area contributed by atoms with Crippen LogP contribution in [-0.4, -0.2) is 44.3 Å². The molecule has 0 amide bonds. The Morgan fingerprint density at radius 3 is 2.27 bits per heavy atom. The molecule has 1 aromatic rings. The van der Waals surface area contributed by atoms with Crippen molar-refractivity contribution in [1.29, 1.82) is 0 Å². The van der Waals surface area contributed by atoms with Gasteiger partial charge in [-0.05, 0) is 19.9 Å². The molecule has 146 valence electrons. The molecule has 0 aromatic heterocycles. The first-order valence-electron chi connectivity index (χ1n) is 8.52. The van der Waals surface area contributed by atoms with Crippen molar-refractivity contribution in [2.24, 2.45) is 5.92 Å². The van der Waals surface area contributed by atoms with Crippen molar-refractivity contribution in [2.45, 2.75) is 45.3 Å². The van der Waals surface area contributed by atoms with Crippen LogP contribution in [0.15, 0.2) is 12.1 Å². The largest absolute Gasteiger partial charge is 0.851 e. The number of nitrogens with zero attached hydrogens (tertiary/aromatic N) is 1. The van der Waals surface area contributed by atoms with Crippen LogP contribution >= 0.6 is 0 Å². The number of anilines is 1. The first-order valence-corrected chi connectivity index (χ1v) is 8.52.